The molecule has 28 heavy (non-hydrogen) atoms. The van der Waals surface area contributed by atoms with Crippen molar-refractivity contribution in [1.82, 2.24) is 4.90 Å². The molecule has 0 heterocycles. The van der Waals surface area contributed by atoms with Crippen molar-refractivity contribution in [2.24, 2.45) is 0 Å². The number of hydrogen-bond acceptors (Lipinski definition) is 5. The summed E-state index contributed by atoms with van der Waals surface area (Å²) in [5.74, 6) is -2.43. The van der Waals surface area contributed by atoms with E-state index in [4.69, 9.17) is 21.1 Å². The second-order valence-corrected chi connectivity index (χ2v) is 6.11. The number of rotatable bonds is 7. The maximum absolute atomic E-state index is 13.7. The van der Waals surface area contributed by atoms with Crippen LogP contribution in [0.15, 0.2) is 42.5 Å². The Morgan fingerprint density at radius 2 is 1.89 bits per heavy atom. The molecule has 148 valence electrons. The van der Waals surface area contributed by atoms with Crippen LogP contribution in [0.2, 0.25) is 5.02 Å². The fourth-order valence-corrected chi connectivity index (χ4v) is 2.45. The van der Waals surface area contributed by atoms with E-state index in [1.165, 1.54) is 26.3 Å². The molecule has 2 aromatic carbocycles. The number of amides is 2. The summed E-state index contributed by atoms with van der Waals surface area (Å²) in [7, 11) is 2.88. The Labute approximate surface area is 166 Å². The number of nitrogens with zero attached hydrogens (tertiary/aromatic N) is 1. The molecule has 0 bridgehead atoms. The average molecular weight is 409 g/mol. The highest BCUT2D eigenvalue weighted by atomic mass is 35.5. The first kappa shape index (κ1) is 21.2. The van der Waals surface area contributed by atoms with E-state index in [1.54, 1.807) is 24.3 Å². The van der Waals surface area contributed by atoms with E-state index in [-0.39, 0.29) is 11.6 Å². The van der Waals surface area contributed by atoms with Gasteiger partial charge in [-0.1, -0.05) is 23.7 Å². The van der Waals surface area contributed by atoms with Gasteiger partial charge in [-0.2, -0.15) is 0 Å². The van der Waals surface area contributed by atoms with E-state index >= 15 is 0 Å². The van der Waals surface area contributed by atoms with Crippen LogP contribution in [0.1, 0.15) is 10.4 Å². The van der Waals surface area contributed by atoms with Gasteiger partial charge in [0.1, 0.15) is 17.1 Å². The highest BCUT2D eigenvalue weighted by Gasteiger charge is 2.20. The molecule has 2 amide bonds. The molecule has 0 spiro atoms. The van der Waals surface area contributed by atoms with Gasteiger partial charge in [-0.25, -0.2) is 9.18 Å². The summed E-state index contributed by atoms with van der Waals surface area (Å²) in [4.78, 5) is 37.1. The highest BCUT2D eigenvalue weighted by Crippen LogP contribution is 2.20. The van der Waals surface area contributed by atoms with Crippen LogP contribution in [0.4, 0.5) is 10.1 Å². The maximum Gasteiger partial charge on any atom is 0.343 e. The number of likely N-dealkylation sites (N-methyl/N-ethyl adjacent to an activating group) is 1. The molecule has 0 aliphatic rings. The molecule has 0 aromatic heterocycles. The molecule has 1 N–H and O–H groups in total. The molecule has 7 nitrogen and oxygen atoms in total. The Morgan fingerprint density at radius 3 is 2.57 bits per heavy atom. The Morgan fingerprint density at radius 1 is 1.18 bits per heavy atom. The van der Waals surface area contributed by atoms with Crippen molar-refractivity contribution in [1.29, 1.82) is 0 Å². The summed E-state index contributed by atoms with van der Waals surface area (Å²) in [5.41, 5.74) is 0.0567. The van der Waals surface area contributed by atoms with E-state index in [0.29, 0.717) is 11.4 Å². The maximum atomic E-state index is 13.7. The van der Waals surface area contributed by atoms with Gasteiger partial charge in [0.15, 0.2) is 6.61 Å². The van der Waals surface area contributed by atoms with Gasteiger partial charge < -0.3 is 19.7 Å². The molecule has 0 atom stereocenters. The van der Waals surface area contributed by atoms with E-state index in [9.17, 15) is 18.8 Å². The average Bonchev–Trinajstić information content (AvgIpc) is 2.65. The summed E-state index contributed by atoms with van der Waals surface area (Å²) in [5, 5.41) is 2.50. The van der Waals surface area contributed by atoms with Crippen molar-refractivity contribution >= 4 is 35.1 Å². The number of nitrogens with one attached hydrogen (secondary N) is 1. The minimum absolute atomic E-state index is 0.122. The highest BCUT2D eigenvalue weighted by molar-refractivity contribution is 6.33. The Kier molecular flexibility index (Phi) is 7.34. The summed E-state index contributed by atoms with van der Waals surface area (Å²) >= 11 is 5.77. The van der Waals surface area contributed by atoms with Gasteiger partial charge in [-0.3, -0.25) is 9.59 Å². The van der Waals surface area contributed by atoms with Crippen molar-refractivity contribution < 1.29 is 28.2 Å². The Bertz CT molecular complexity index is 870. The zero-order valence-electron chi connectivity index (χ0n) is 15.2. The lowest BCUT2D eigenvalue weighted by atomic mass is 10.2. The van der Waals surface area contributed by atoms with Gasteiger partial charge >= 0.3 is 5.97 Å². The number of esters is 1. The van der Waals surface area contributed by atoms with Crippen LogP contribution >= 0.6 is 11.6 Å². The topological polar surface area (TPSA) is 84.9 Å². The first-order valence-electron chi connectivity index (χ1n) is 8.11. The summed E-state index contributed by atoms with van der Waals surface area (Å²) in [6, 6.07) is 10.5. The normalized spacial score (nSPS) is 10.1. The molecule has 2 aromatic rings. The third-order valence-electron chi connectivity index (χ3n) is 3.65. The van der Waals surface area contributed by atoms with E-state index in [2.05, 4.69) is 5.32 Å². The van der Waals surface area contributed by atoms with Crippen LogP contribution in [-0.4, -0.2) is 50.0 Å². The number of hydrogen-bond donors (Lipinski definition) is 1. The smallest absolute Gasteiger partial charge is 0.343 e. The molecule has 0 saturated carbocycles. The predicted octanol–water partition coefficient (Wildman–Crippen LogP) is 2.74. The van der Waals surface area contributed by atoms with Gasteiger partial charge in [-0.05, 0) is 24.3 Å². The number of anilines is 1. The van der Waals surface area contributed by atoms with Gasteiger partial charge in [0.2, 0.25) is 5.91 Å². The van der Waals surface area contributed by atoms with E-state index in [0.717, 1.165) is 11.0 Å². The second-order valence-electron chi connectivity index (χ2n) is 5.70. The zero-order chi connectivity index (χ0) is 20.7. The SMILES string of the molecule is COc1cccc(NC(=O)CN(C)C(=O)COC(=O)c2c(F)cccc2Cl)c1. The predicted molar refractivity (Wildman–Crippen MR) is 101 cm³/mol. The molecule has 2 rings (SSSR count). The summed E-state index contributed by atoms with van der Waals surface area (Å²) < 4.78 is 23.5. The Hall–Kier alpha value is -3.13. The van der Waals surface area contributed by atoms with Crippen LogP contribution in [0.25, 0.3) is 0 Å². The van der Waals surface area contributed by atoms with Crippen molar-refractivity contribution in [3.05, 3.63) is 58.9 Å². The fourth-order valence-electron chi connectivity index (χ4n) is 2.21. The lowest BCUT2D eigenvalue weighted by Crippen LogP contribution is -2.37. The monoisotopic (exact) mass is 408 g/mol. The lowest BCUT2D eigenvalue weighted by Gasteiger charge is -2.17. The van der Waals surface area contributed by atoms with Gasteiger partial charge in [0.25, 0.3) is 5.91 Å². The van der Waals surface area contributed by atoms with Crippen LogP contribution in [0.5, 0.6) is 5.75 Å². The van der Waals surface area contributed by atoms with Crippen LogP contribution in [-0.2, 0) is 14.3 Å². The third kappa shape index (κ3) is 5.68. The molecular weight excluding hydrogens is 391 g/mol. The van der Waals surface area contributed by atoms with Crippen molar-refractivity contribution in [2.75, 3.05) is 32.6 Å². The zero-order valence-corrected chi connectivity index (χ0v) is 16.0. The number of halogens is 2. The van der Waals surface area contributed by atoms with Crippen LogP contribution < -0.4 is 10.1 Å². The molecule has 0 aliphatic heterocycles. The van der Waals surface area contributed by atoms with Gasteiger partial charge in [0, 0.05) is 18.8 Å². The molecular formula is C19H18ClFN2O5. The first-order chi connectivity index (χ1) is 13.3. The number of methoxy groups -OCH3 is 1. The fraction of sp³-hybridized carbons (Fsp3) is 0.211. The standard InChI is InChI=1S/C19H18ClFN2O5/c1-23(10-16(24)22-12-5-3-6-13(9-12)27-2)17(25)11-28-19(26)18-14(20)7-4-8-15(18)21/h3-9H,10-11H2,1-2H3,(H,22,24). The third-order valence-corrected chi connectivity index (χ3v) is 3.97. The quantitative estimate of drug-likeness (QED) is 0.712. The first-order valence-corrected chi connectivity index (χ1v) is 8.48. The Balaban J connectivity index is 1.86. The second kappa shape index (κ2) is 9.70. The number of benzene rings is 2. The van der Waals surface area contributed by atoms with E-state index < -0.39 is 35.8 Å². The molecule has 0 aliphatic carbocycles. The molecule has 0 unspecified atom stereocenters. The number of carbonyl (C=O) groups excluding carboxylic acids is 3. The van der Waals surface area contributed by atoms with Crippen LogP contribution in [0, 0.1) is 5.82 Å². The molecule has 0 saturated heterocycles. The molecule has 9 heteroatoms. The molecule has 0 fully saturated rings. The summed E-state index contributed by atoms with van der Waals surface area (Å²) in [6.45, 7) is -0.930. The van der Waals surface area contributed by atoms with Crippen molar-refractivity contribution in [3.8, 4) is 5.75 Å². The van der Waals surface area contributed by atoms with E-state index in [1.807, 2.05) is 0 Å². The summed E-state index contributed by atoms with van der Waals surface area (Å²) in [6.07, 6.45) is 0. The van der Waals surface area contributed by atoms with Gasteiger partial charge in [0.05, 0.1) is 18.7 Å². The number of carbonyl (C=O) groups is 3. The lowest BCUT2D eigenvalue weighted by molar-refractivity contribution is -0.136. The van der Waals surface area contributed by atoms with Crippen LogP contribution in [0.3, 0.4) is 0 Å². The minimum atomic E-state index is -1.06. The largest absolute Gasteiger partial charge is 0.497 e. The van der Waals surface area contributed by atoms with Gasteiger partial charge in [-0.15, -0.1) is 0 Å². The minimum Gasteiger partial charge on any atom is -0.497 e. The van der Waals surface area contributed by atoms with Crippen molar-refractivity contribution in [2.45, 2.75) is 0 Å². The molecule has 0 radical (unpaired) electrons. The number of ether oxygens (including phenoxy) is 2. The van der Waals surface area contributed by atoms with Crippen molar-refractivity contribution in [3.63, 3.8) is 0 Å².